The molecule has 5 heteroatoms. The van der Waals surface area contributed by atoms with Gasteiger partial charge in [0.2, 0.25) is 5.91 Å². The van der Waals surface area contributed by atoms with Crippen LogP contribution in [-0.4, -0.2) is 30.2 Å². The lowest BCUT2D eigenvalue weighted by Crippen LogP contribution is -2.23. The number of carbonyl (C=O) groups excluding carboxylic acids is 2. The summed E-state index contributed by atoms with van der Waals surface area (Å²) in [7, 11) is 1.94. The van der Waals surface area contributed by atoms with Crippen LogP contribution in [0.3, 0.4) is 0 Å². The molecule has 0 fully saturated rings. The molecule has 0 unspecified atom stereocenters. The summed E-state index contributed by atoms with van der Waals surface area (Å²) in [5.41, 5.74) is 1.33. The van der Waals surface area contributed by atoms with Crippen molar-refractivity contribution < 1.29 is 14.0 Å². The molecule has 5 nitrogen and oxygen atoms in total. The van der Waals surface area contributed by atoms with Crippen LogP contribution in [0.4, 0.5) is 5.69 Å². The van der Waals surface area contributed by atoms with Crippen molar-refractivity contribution in [3.63, 3.8) is 0 Å². The summed E-state index contributed by atoms with van der Waals surface area (Å²) in [6.45, 7) is 2.83. The third-order valence-electron chi connectivity index (χ3n) is 3.30. The number of furan rings is 1. The second-order valence-corrected chi connectivity index (χ2v) is 5.25. The molecule has 0 saturated heterocycles. The van der Waals surface area contributed by atoms with E-state index in [1.165, 1.54) is 6.92 Å². The fourth-order valence-corrected chi connectivity index (χ4v) is 2.05. The molecule has 116 valence electrons. The third kappa shape index (κ3) is 4.86. The van der Waals surface area contributed by atoms with E-state index in [0.29, 0.717) is 30.8 Å². The van der Waals surface area contributed by atoms with Gasteiger partial charge in [-0.05, 0) is 50.4 Å². The Morgan fingerprint density at radius 2 is 1.91 bits per heavy atom. The standard InChI is InChI=1S/C17H20N2O3/c1-13(20)14-5-7-15(8-6-14)18-17(21)9-10-19(2)12-16-4-3-11-22-16/h3-8,11H,9-10,12H2,1-2H3,(H,18,21). The minimum atomic E-state index is -0.0538. The molecule has 1 N–H and O–H groups in total. The number of nitrogens with zero attached hydrogens (tertiary/aromatic N) is 1. The topological polar surface area (TPSA) is 62.6 Å². The van der Waals surface area contributed by atoms with Gasteiger partial charge in [0.25, 0.3) is 0 Å². The first-order chi connectivity index (χ1) is 10.5. The molecule has 0 aliphatic carbocycles. The molecule has 2 aromatic rings. The highest BCUT2D eigenvalue weighted by Crippen LogP contribution is 2.10. The van der Waals surface area contributed by atoms with Crippen LogP contribution in [0.1, 0.15) is 29.5 Å². The summed E-state index contributed by atoms with van der Waals surface area (Å²) in [6, 6.07) is 10.7. The molecule has 1 amide bonds. The summed E-state index contributed by atoms with van der Waals surface area (Å²) < 4.78 is 5.27. The number of amides is 1. The molecule has 0 aliphatic heterocycles. The second-order valence-electron chi connectivity index (χ2n) is 5.25. The maximum atomic E-state index is 11.9. The number of nitrogens with one attached hydrogen (secondary N) is 1. The Morgan fingerprint density at radius 3 is 2.50 bits per heavy atom. The Balaban J connectivity index is 1.76. The molecular formula is C17H20N2O3. The largest absolute Gasteiger partial charge is 0.468 e. The van der Waals surface area contributed by atoms with Crippen molar-refractivity contribution in [1.29, 1.82) is 0 Å². The molecule has 0 aliphatic rings. The Hall–Kier alpha value is -2.40. The van der Waals surface area contributed by atoms with Crippen LogP contribution in [0.2, 0.25) is 0 Å². The van der Waals surface area contributed by atoms with Crippen molar-refractivity contribution >= 4 is 17.4 Å². The average Bonchev–Trinajstić information content (AvgIpc) is 2.98. The average molecular weight is 300 g/mol. The quantitative estimate of drug-likeness (QED) is 0.799. The number of benzene rings is 1. The molecule has 1 aromatic carbocycles. The zero-order valence-electron chi connectivity index (χ0n) is 12.8. The first-order valence-electron chi connectivity index (χ1n) is 7.16. The van der Waals surface area contributed by atoms with Crippen molar-refractivity contribution in [2.45, 2.75) is 19.9 Å². The zero-order valence-corrected chi connectivity index (χ0v) is 12.8. The summed E-state index contributed by atoms with van der Waals surface area (Å²) in [5.74, 6) is 0.835. The Labute approximate surface area is 129 Å². The van der Waals surface area contributed by atoms with Gasteiger partial charge < -0.3 is 9.73 Å². The van der Waals surface area contributed by atoms with Gasteiger partial charge in [0.1, 0.15) is 5.76 Å². The fourth-order valence-electron chi connectivity index (χ4n) is 2.05. The van der Waals surface area contributed by atoms with Crippen LogP contribution < -0.4 is 5.32 Å². The number of Topliss-reactive ketones (excluding diaryl/α,β-unsaturated/α-hetero) is 1. The predicted octanol–water partition coefficient (Wildman–Crippen LogP) is 2.94. The highest BCUT2D eigenvalue weighted by Gasteiger charge is 2.07. The lowest BCUT2D eigenvalue weighted by atomic mass is 10.1. The maximum Gasteiger partial charge on any atom is 0.225 e. The number of hydrogen-bond acceptors (Lipinski definition) is 4. The number of rotatable bonds is 7. The second kappa shape index (κ2) is 7.56. The molecular weight excluding hydrogens is 280 g/mol. The summed E-state index contributed by atoms with van der Waals surface area (Å²) in [4.78, 5) is 25.1. The Kier molecular flexibility index (Phi) is 5.49. The van der Waals surface area contributed by atoms with Gasteiger partial charge in [0, 0.05) is 24.2 Å². The number of anilines is 1. The zero-order chi connectivity index (χ0) is 15.9. The van der Waals surface area contributed by atoms with Crippen LogP contribution in [0.5, 0.6) is 0 Å². The van der Waals surface area contributed by atoms with E-state index in [-0.39, 0.29) is 11.7 Å². The normalized spacial score (nSPS) is 10.7. The van der Waals surface area contributed by atoms with Crippen LogP contribution in [0.25, 0.3) is 0 Å². The molecule has 0 spiro atoms. The highest BCUT2D eigenvalue weighted by atomic mass is 16.3. The van der Waals surface area contributed by atoms with Crippen molar-refractivity contribution in [2.24, 2.45) is 0 Å². The van der Waals surface area contributed by atoms with Gasteiger partial charge in [-0.1, -0.05) is 0 Å². The Morgan fingerprint density at radius 1 is 1.18 bits per heavy atom. The Bertz CT molecular complexity index is 618. The lowest BCUT2D eigenvalue weighted by Gasteiger charge is -2.14. The maximum absolute atomic E-state index is 11.9. The van der Waals surface area contributed by atoms with Crippen LogP contribution >= 0.6 is 0 Å². The van der Waals surface area contributed by atoms with E-state index >= 15 is 0 Å². The SMILES string of the molecule is CC(=O)c1ccc(NC(=O)CCN(C)Cc2ccco2)cc1. The van der Waals surface area contributed by atoms with E-state index in [1.54, 1.807) is 30.5 Å². The fraction of sp³-hybridized carbons (Fsp3) is 0.294. The van der Waals surface area contributed by atoms with Gasteiger partial charge in [-0.3, -0.25) is 14.5 Å². The minimum absolute atomic E-state index is 0.0115. The summed E-state index contributed by atoms with van der Waals surface area (Å²) >= 11 is 0. The van der Waals surface area contributed by atoms with Gasteiger partial charge in [0.15, 0.2) is 5.78 Å². The molecule has 2 rings (SSSR count). The number of carbonyl (C=O) groups is 2. The smallest absolute Gasteiger partial charge is 0.225 e. The van der Waals surface area contributed by atoms with Gasteiger partial charge in [-0.15, -0.1) is 0 Å². The van der Waals surface area contributed by atoms with Crippen molar-refractivity contribution in [1.82, 2.24) is 4.90 Å². The number of hydrogen-bond donors (Lipinski definition) is 1. The van der Waals surface area contributed by atoms with Crippen molar-refractivity contribution in [3.05, 3.63) is 54.0 Å². The van der Waals surface area contributed by atoms with E-state index in [4.69, 9.17) is 4.42 Å². The lowest BCUT2D eigenvalue weighted by molar-refractivity contribution is -0.116. The van der Waals surface area contributed by atoms with Gasteiger partial charge in [-0.2, -0.15) is 0 Å². The monoisotopic (exact) mass is 300 g/mol. The van der Waals surface area contributed by atoms with E-state index in [1.807, 2.05) is 24.1 Å². The minimum Gasteiger partial charge on any atom is -0.468 e. The van der Waals surface area contributed by atoms with Gasteiger partial charge in [-0.25, -0.2) is 0 Å². The van der Waals surface area contributed by atoms with Crippen molar-refractivity contribution in [3.8, 4) is 0 Å². The first kappa shape index (κ1) is 16.0. The molecule has 0 bridgehead atoms. The third-order valence-corrected chi connectivity index (χ3v) is 3.30. The van der Waals surface area contributed by atoms with E-state index in [9.17, 15) is 9.59 Å². The van der Waals surface area contributed by atoms with Crippen LogP contribution in [-0.2, 0) is 11.3 Å². The van der Waals surface area contributed by atoms with Crippen molar-refractivity contribution in [2.75, 3.05) is 18.9 Å². The molecule has 0 radical (unpaired) electrons. The molecule has 0 saturated carbocycles. The predicted molar refractivity (Wildman–Crippen MR) is 84.7 cm³/mol. The highest BCUT2D eigenvalue weighted by molar-refractivity contribution is 5.95. The molecule has 0 atom stereocenters. The molecule has 1 aromatic heterocycles. The summed E-state index contributed by atoms with van der Waals surface area (Å²) in [5, 5.41) is 2.82. The van der Waals surface area contributed by atoms with Gasteiger partial charge in [0.05, 0.1) is 12.8 Å². The molecule has 1 heterocycles. The summed E-state index contributed by atoms with van der Waals surface area (Å²) in [6.07, 6.45) is 2.03. The van der Waals surface area contributed by atoms with E-state index in [2.05, 4.69) is 5.32 Å². The van der Waals surface area contributed by atoms with Gasteiger partial charge >= 0.3 is 0 Å². The van der Waals surface area contributed by atoms with E-state index < -0.39 is 0 Å². The van der Waals surface area contributed by atoms with Crippen LogP contribution in [0, 0.1) is 0 Å². The molecule has 22 heavy (non-hydrogen) atoms. The number of ketones is 1. The van der Waals surface area contributed by atoms with Crippen LogP contribution in [0.15, 0.2) is 47.1 Å². The first-order valence-corrected chi connectivity index (χ1v) is 7.16. The van der Waals surface area contributed by atoms with E-state index in [0.717, 1.165) is 5.76 Å².